The van der Waals surface area contributed by atoms with Gasteiger partial charge in [-0.1, -0.05) is 23.2 Å². The molecular formula is C15H13Cl2N3O2S. The van der Waals surface area contributed by atoms with Gasteiger partial charge in [-0.3, -0.25) is 0 Å². The van der Waals surface area contributed by atoms with Crippen molar-refractivity contribution in [1.29, 1.82) is 0 Å². The van der Waals surface area contributed by atoms with Crippen LogP contribution in [0.2, 0.25) is 10.0 Å². The van der Waals surface area contributed by atoms with Crippen molar-refractivity contribution in [3.8, 4) is 0 Å². The maximum absolute atomic E-state index is 12.9. The minimum Gasteiger partial charge on any atom is -0.330 e. The van der Waals surface area contributed by atoms with Crippen LogP contribution in [0, 0.1) is 0 Å². The number of nitrogens with zero attached hydrogens (tertiary/aromatic N) is 2. The molecule has 0 bridgehead atoms. The third kappa shape index (κ3) is 2.95. The maximum Gasteiger partial charge on any atom is 0.269 e. The van der Waals surface area contributed by atoms with E-state index in [4.69, 9.17) is 28.9 Å². The smallest absolute Gasteiger partial charge is 0.269 e. The lowest BCUT2D eigenvalue weighted by Gasteiger charge is -2.08. The van der Waals surface area contributed by atoms with E-state index in [9.17, 15) is 8.42 Å². The molecule has 8 heteroatoms. The number of fused-ring (bicyclic) bond motifs is 1. The highest BCUT2D eigenvalue weighted by Gasteiger charge is 2.22. The molecule has 2 N–H and O–H groups in total. The number of halogens is 2. The topological polar surface area (TPSA) is 78.0 Å². The van der Waals surface area contributed by atoms with Crippen LogP contribution < -0.4 is 5.73 Å². The second-order valence-electron chi connectivity index (χ2n) is 4.97. The van der Waals surface area contributed by atoms with Gasteiger partial charge in [-0.2, -0.15) is 0 Å². The van der Waals surface area contributed by atoms with Crippen LogP contribution in [0.1, 0.15) is 5.56 Å². The number of hydrogen-bond acceptors (Lipinski definition) is 4. The van der Waals surface area contributed by atoms with E-state index in [1.54, 1.807) is 18.5 Å². The molecule has 0 aliphatic heterocycles. The summed E-state index contributed by atoms with van der Waals surface area (Å²) in [6.45, 7) is 0.414. The van der Waals surface area contributed by atoms with Crippen LogP contribution in [0.5, 0.6) is 0 Å². The Morgan fingerprint density at radius 3 is 2.52 bits per heavy atom. The summed E-state index contributed by atoms with van der Waals surface area (Å²) in [5.74, 6) is 0. The molecule has 23 heavy (non-hydrogen) atoms. The Kier molecular flexibility index (Phi) is 4.33. The molecule has 0 aliphatic rings. The van der Waals surface area contributed by atoms with Crippen molar-refractivity contribution in [3.63, 3.8) is 0 Å². The Hall–Kier alpha value is -1.60. The fourth-order valence-corrected chi connectivity index (χ4v) is 4.50. The second kappa shape index (κ2) is 6.13. The van der Waals surface area contributed by atoms with E-state index < -0.39 is 10.0 Å². The fraction of sp³-hybridized carbons (Fsp3) is 0.133. The quantitative estimate of drug-likeness (QED) is 0.766. The van der Waals surface area contributed by atoms with E-state index in [0.29, 0.717) is 18.6 Å². The molecule has 0 unspecified atom stereocenters. The van der Waals surface area contributed by atoms with Crippen LogP contribution in [0.3, 0.4) is 0 Å². The molecule has 0 saturated heterocycles. The number of rotatable bonds is 4. The predicted octanol–water partition coefficient (Wildman–Crippen LogP) is 3.08. The van der Waals surface area contributed by atoms with E-state index >= 15 is 0 Å². The Labute approximate surface area is 143 Å². The zero-order valence-corrected chi connectivity index (χ0v) is 14.2. The molecule has 0 aliphatic carbocycles. The minimum absolute atomic E-state index is 0.0110. The molecule has 3 aromatic rings. The van der Waals surface area contributed by atoms with Crippen LogP contribution in [0.4, 0.5) is 0 Å². The largest absolute Gasteiger partial charge is 0.330 e. The van der Waals surface area contributed by atoms with Crippen LogP contribution in [0.15, 0.2) is 47.6 Å². The first-order valence-electron chi connectivity index (χ1n) is 6.80. The first-order valence-corrected chi connectivity index (χ1v) is 9.00. The normalized spacial score (nSPS) is 12.0. The Balaban J connectivity index is 2.26. The van der Waals surface area contributed by atoms with Crippen LogP contribution >= 0.6 is 23.2 Å². The molecule has 0 radical (unpaired) electrons. The molecule has 3 rings (SSSR count). The highest BCUT2D eigenvalue weighted by atomic mass is 35.5. The SMILES string of the molecule is NCCc1cn(S(=O)(=O)c2cc(Cl)cc(Cl)c2)c2ncccc12. The molecule has 0 atom stereocenters. The standard InChI is InChI=1S/C15H13Cl2N3O2S/c16-11-6-12(17)8-13(7-11)23(21,22)20-9-10(3-4-18)14-2-1-5-19-15(14)20/h1-2,5-9H,3-4,18H2. The van der Waals surface area contributed by atoms with Crippen molar-refractivity contribution < 1.29 is 8.42 Å². The molecule has 5 nitrogen and oxygen atoms in total. The molecule has 2 aromatic heterocycles. The summed E-state index contributed by atoms with van der Waals surface area (Å²) in [6, 6.07) is 7.79. The fourth-order valence-electron chi connectivity index (χ4n) is 2.42. The molecule has 1 aromatic carbocycles. The molecule has 0 fully saturated rings. The average Bonchev–Trinajstić information content (AvgIpc) is 2.87. The average molecular weight is 370 g/mol. The van der Waals surface area contributed by atoms with E-state index in [-0.39, 0.29) is 14.9 Å². The van der Waals surface area contributed by atoms with Crippen molar-refractivity contribution in [1.82, 2.24) is 8.96 Å². The van der Waals surface area contributed by atoms with Crippen LogP contribution in [-0.4, -0.2) is 23.9 Å². The number of nitrogens with two attached hydrogens (primary N) is 1. The summed E-state index contributed by atoms with van der Waals surface area (Å²) in [4.78, 5) is 4.21. The third-order valence-electron chi connectivity index (χ3n) is 3.42. The lowest BCUT2D eigenvalue weighted by atomic mass is 10.2. The lowest BCUT2D eigenvalue weighted by Crippen LogP contribution is -2.12. The third-order valence-corrected chi connectivity index (χ3v) is 5.49. The molecule has 2 heterocycles. The maximum atomic E-state index is 12.9. The molecule has 120 valence electrons. The van der Waals surface area contributed by atoms with E-state index in [0.717, 1.165) is 14.9 Å². The zero-order chi connectivity index (χ0) is 16.6. The summed E-state index contributed by atoms with van der Waals surface area (Å²) in [5, 5.41) is 1.26. The van der Waals surface area contributed by atoms with Gasteiger partial charge in [0.1, 0.15) is 0 Å². The van der Waals surface area contributed by atoms with Crippen LogP contribution in [-0.2, 0) is 16.4 Å². The summed E-state index contributed by atoms with van der Waals surface area (Å²) in [5.41, 5.74) is 6.79. The van der Waals surface area contributed by atoms with Gasteiger partial charge in [0.25, 0.3) is 10.0 Å². The van der Waals surface area contributed by atoms with Crippen molar-refractivity contribution in [2.75, 3.05) is 6.54 Å². The molecule has 0 amide bonds. The predicted molar refractivity (Wildman–Crippen MR) is 91.5 cm³/mol. The van der Waals surface area contributed by atoms with Crippen molar-refractivity contribution in [3.05, 3.63) is 58.3 Å². The molecule has 0 saturated carbocycles. The highest BCUT2D eigenvalue weighted by Crippen LogP contribution is 2.28. The number of hydrogen-bond donors (Lipinski definition) is 1. The molecular weight excluding hydrogens is 357 g/mol. The summed E-state index contributed by atoms with van der Waals surface area (Å²) < 4.78 is 27.0. The van der Waals surface area contributed by atoms with Gasteiger partial charge >= 0.3 is 0 Å². The monoisotopic (exact) mass is 369 g/mol. The number of pyridine rings is 1. The van der Waals surface area contributed by atoms with Gasteiger partial charge < -0.3 is 5.73 Å². The van der Waals surface area contributed by atoms with Gasteiger partial charge in [0, 0.05) is 27.8 Å². The Bertz CT molecular complexity index is 963. The lowest BCUT2D eigenvalue weighted by molar-refractivity contribution is 0.588. The van der Waals surface area contributed by atoms with Gasteiger partial charge in [-0.15, -0.1) is 0 Å². The summed E-state index contributed by atoms with van der Waals surface area (Å²) in [7, 11) is -3.86. The van der Waals surface area contributed by atoms with Gasteiger partial charge in [0.2, 0.25) is 0 Å². The van der Waals surface area contributed by atoms with E-state index in [1.807, 2.05) is 6.07 Å². The molecule has 0 spiro atoms. The van der Waals surface area contributed by atoms with E-state index in [1.165, 1.54) is 18.2 Å². The van der Waals surface area contributed by atoms with Crippen molar-refractivity contribution in [2.45, 2.75) is 11.3 Å². The number of aromatic nitrogens is 2. The van der Waals surface area contributed by atoms with Crippen LogP contribution in [0.25, 0.3) is 11.0 Å². The van der Waals surface area contributed by atoms with Crippen molar-refractivity contribution in [2.24, 2.45) is 5.73 Å². The highest BCUT2D eigenvalue weighted by molar-refractivity contribution is 7.90. The summed E-state index contributed by atoms with van der Waals surface area (Å²) >= 11 is 11.9. The Morgan fingerprint density at radius 2 is 1.87 bits per heavy atom. The van der Waals surface area contributed by atoms with Gasteiger partial charge in [0.15, 0.2) is 5.65 Å². The van der Waals surface area contributed by atoms with Crippen molar-refractivity contribution >= 4 is 44.3 Å². The van der Waals surface area contributed by atoms with Gasteiger partial charge in [0.05, 0.1) is 4.90 Å². The number of benzene rings is 1. The Morgan fingerprint density at radius 1 is 1.17 bits per heavy atom. The minimum atomic E-state index is -3.86. The van der Waals surface area contributed by atoms with Gasteiger partial charge in [-0.05, 0) is 48.9 Å². The first kappa shape index (κ1) is 16.3. The van der Waals surface area contributed by atoms with Gasteiger partial charge in [-0.25, -0.2) is 17.4 Å². The first-order chi connectivity index (χ1) is 10.9. The zero-order valence-electron chi connectivity index (χ0n) is 11.9. The second-order valence-corrected chi connectivity index (χ2v) is 7.66. The van der Waals surface area contributed by atoms with E-state index in [2.05, 4.69) is 4.98 Å². The summed E-state index contributed by atoms with van der Waals surface area (Å²) in [6.07, 6.45) is 3.65.